The van der Waals surface area contributed by atoms with Crippen molar-refractivity contribution in [2.24, 2.45) is 5.73 Å². The Balaban J connectivity index is 1.58. The number of carboxylic acid groups (broad SMARTS) is 1. The first-order chi connectivity index (χ1) is 17.2. The second-order valence-electron chi connectivity index (χ2n) is 8.05. The van der Waals surface area contributed by atoms with E-state index in [9.17, 15) is 18.0 Å². The third-order valence-electron chi connectivity index (χ3n) is 5.69. The van der Waals surface area contributed by atoms with Gasteiger partial charge in [-0.25, -0.2) is 12.4 Å². The van der Waals surface area contributed by atoms with Crippen molar-refractivity contribution in [3.05, 3.63) is 89.6 Å². The van der Waals surface area contributed by atoms with E-state index in [0.717, 1.165) is 9.54 Å². The minimum Gasteiger partial charge on any atom is -0.497 e. The number of rotatable bonds is 10. The van der Waals surface area contributed by atoms with E-state index in [-0.39, 0.29) is 24.3 Å². The van der Waals surface area contributed by atoms with Gasteiger partial charge in [0.05, 0.1) is 17.5 Å². The fourth-order valence-corrected chi connectivity index (χ4v) is 5.16. The van der Waals surface area contributed by atoms with E-state index in [1.54, 1.807) is 54.6 Å². The molecule has 0 bridgehead atoms. The van der Waals surface area contributed by atoms with Crippen LogP contribution in [0.4, 0.5) is 0 Å². The summed E-state index contributed by atoms with van der Waals surface area (Å²) >= 11 is 0. The molecule has 4 rings (SSSR count). The van der Waals surface area contributed by atoms with Gasteiger partial charge in [0, 0.05) is 23.6 Å². The Kier molecular flexibility index (Phi) is 6.98. The van der Waals surface area contributed by atoms with E-state index in [4.69, 9.17) is 20.3 Å². The van der Waals surface area contributed by atoms with Crippen LogP contribution < -0.4 is 15.2 Å². The Hall–Kier alpha value is -4.31. The number of nitrogens with two attached hydrogens (primary N) is 1. The molecular formula is C26H24N2O7S. The average Bonchev–Trinajstić information content (AvgIpc) is 3.25. The summed E-state index contributed by atoms with van der Waals surface area (Å²) in [5, 5.41) is 9.70. The van der Waals surface area contributed by atoms with Crippen LogP contribution in [0.3, 0.4) is 0 Å². The minimum absolute atomic E-state index is 0.0539. The number of methoxy groups -OCH3 is 1. The molecule has 0 aliphatic carbocycles. The topological polar surface area (TPSA) is 138 Å². The number of ether oxygens (including phenoxy) is 2. The summed E-state index contributed by atoms with van der Waals surface area (Å²) in [4.78, 5) is 22.3. The molecule has 0 atom stereocenters. The van der Waals surface area contributed by atoms with Crippen molar-refractivity contribution in [2.45, 2.75) is 24.3 Å². The molecule has 0 fully saturated rings. The molecule has 0 aliphatic heterocycles. The highest BCUT2D eigenvalue weighted by Gasteiger charge is 2.22. The first-order valence-corrected chi connectivity index (χ1v) is 12.4. The van der Waals surface area contributed by atoms with Gasteiger partial charge in [0.15, 0.2) is 0 Å². The van der Waals surface area contributed by atoms with Crippen LogP contribution >= 0.6 is 0 Å². The van der Waals surface area contributed by atoms with E-state index in [2.05, 4.69) is 0 Å². The van der Waals surface area contributed by atoms with Crippen LogP contribution in [0, 0.1) is 0 Å². The fourth-order valence-electron chi connectivity index (χ4n) is 3.77. The van der Waals surface area contributed by atoms with E-state index in [0.29, 0.717) is 33.5 Å². The number of benzene rings is 3. The van der Waals surface area contributed by atoms with Crippen molar-refractivity contribution in [3.8, 4) is 11.5 Å². The van der Waals surface area contributed by atoms with E-state index < -0.39 is 21.9 Å². The normalized spacial score (nSPS) is 11.4. The van der Waals surface area contributed by atoms with Gasteiger partial charge in [-0.15, -0.1) is 0 Å². The first kappa shape index (κ1) is 24.8. The maximum absolute atomic E-state index is 13.5. The number of amides is 1. The summed E-state index contributed by atoms with van der Waals surface area (Å²) in [6, 6.07) is 17.7. The second kappa shape index (κ2) is 10.1. The van der Waals surface area contributed by atoms with Crippen LogP contribution in [-0.2, 0) is 27.8 Å². The van der Waals surface area contributed by atoms with Gasteiger partial charge in [0.25, 0.3) is 10.0 Å². The number of hydrogen-bond donors (Lipinski definition) is 2. The quantitative estimate of drug-likeness (QED) is 0.334. The predicted molar refractivity (Wildman–Crippen MR) is 133 cm³/mol. The lowest BCUT2D eigenvalue weighted by Gasteiger charge is -2.10. The van der Waals surface area contributed by atoms with Crippen molar-refractivity contribution < 1.29 is 32.6 Å². The molecule has 9 nitrogen and oxygen atoms in total. The van der Waals surface area contributed by atoms with E-state index >= 15 is 0 Å². The number of hydrogen-bond acceptors (Lipinski definition) is 6. The Morgan fingerprint density at radius 2 is 1.64 bits per heavy atom. The molecule has 3 aromatic carbocycles. The lowest BCUT2D eigenvalue weighted by Crippen LogP contribution is -2.12. The highest BCUT2D eigenvalue weighted by Crippen LogP contribution is 2.30. The van der Waals surface area contributed by atoms with Gasteiger partial charge < -0.3 is 20.3 Å². The van der Waals surface area contributed by atoms with Gasteiger partial charge in [-0.3, -0.25) is 9.59 Å². The molecule has 3 N–H and O–H groups in total. The van der Waals surface area contributed by atoms with Crippen LogP contribution in [0.5, 0.6) is 11.5 Å². The van der Waals surface area contributed by atoms with Gasteiger partial charge >= 0.3 is 5.97 Å². The van der Waals surface area contributed by atoms with Gasteiger partial charge in [0.1, 0.15) is 18.1 Å². The fraction of sp³-hybridized carbons (Fsp3) is 0.154. The lowest BCUT2D eigenvalue weighted by atomic mass is 10.1. The molecule has 0 unspecified atom stereocenters. The maximum Gasteiger partial charge on any atom is 0.303 e. The van der Waals surface area contributed by atoms with Gasteiger partial charge in [-0.2, -0.15) is 0 Å². The third kappa shape index (κ3) is 5.18. The Morgan fingerprint density at radius 1 is 0.972 bits per heavy atom. The Labute approximate surface area is 207 Å². The molecule has 0 spiro atoms. The molecule has 10 heteroatoms. The summed E-state index contributed by atoms with van der Waals surface area (Å²) in [7, 11) is -2.47. The molecule has 1 aromatic heterocycles. The standard InChI is InChI=1S/C26H24N2O7S/c1-34-21-9-12-24-23(14-21)19(6-13-25(29)30)15-28(24)36(32,33)22-10-7-20(8-11-22)35-16-17-2-4-18(5-3-17)26(27)31/h2-5,7-12,14-15H,6,13,16H2,1H3,(H2,27,31)(H,29,30). The van der Waals surface area contributed by atoms with Crippen LogP contribution in [-0.4, -0.2) is 36.5 Å². The number of carbonyl (C=O) groups is 2. The zero-order valence-electron chi connectivity index (χ0n) is 19.4. The number of carbonyl (C=O) groups excluding carboxylic acids is 1. The predicted octanol–water partition coefficient (Wildman–Crippen LogP) is 3.58. The molecule has 186 valence electrons. The highest BCUT2D eigenvalue weighted by molar-refractivity contribution is 7.90. The summed E-state index contributed by atoms with van der Waals surface area (Å²) in [6.07, 6.45) is 1.50. The van der Waals surface area contributed by atoms with Gasteiger partial charge in [0.2, 0.25) is 5.91 Å². The first-order valence-electron chi connectivity index (χ1n) is 11.0. The number of aryl methyl sites for hydroxylation is 1. The van der Waals surface area contributed by atoms with E-state index in [1.165, 1.54) is 25.4 Å². The molecule has 1 heterocycles. The monoisotopic (exact) mass is 508 g/mol. The van der Waals surface area contributed by atoms with Crippen molar-refractivity contribution in [1.82, 2.24) is 3.97 Å². The lowest BCUT2D eigenvalue weighted by molar-refractivity contribution is -0.136. The summed E-state index contributed by atoms with van der Waals surface area (Å²) in [6.45, 7) is 0.224. The molecule has 0 radical (unpaired) electrons. The molecule has 0 saturated heterocycles. The molecule has 4 aromatic rings. The maximum atomic E-state index is 13.5. The molecular weight excluding hydrogens is 484 g/mol. The smallest absolute Gasteiger partial charge is 0.303 e. The number of aliphatic carboxylic acids is 1. The Bertz CT molecular complexity index is 1520. The zero-order valence-corrected chi connectivity index (χ0v) is 20.2. The molecule has 0 saturated carbocycles. The second-order valence-corrected chi connectivity index (χ2v) is 9.87. The zero-order chi connectivity index (χ0) is 25.9. The van der Waals surface area contributed by atoms with Crippen LogP contribution in [0.2, 0.25) is 0 Å². The number of aromatic nitrogens is 1. The summed E-state index contributed by atoms with van der Waals surface area (Å²) < 4.78 is 39.1. The van der Waals surface area contributed by atoms with Crippen molar-refractivity contribution in [1.29, 1.82) is 0 Å². The number of fused-ring (bicyclic) bond motifs is 1. The van der Waals surface area contributed by atoms with Crippen molar-refractivity contribution in [2.75, 3.05) is 7.11 Å². The SMILES string of the molecule is COc1ccc2c(c1)c(CCC(=O)O)cn2S(=O)(=O)c1ccc(OCc2ccc(C(N)=O)cc2)cc1. The average molecular weight is 509 g/mol. The molecule has 36 heavy (non-hydrogen) atoms. The Morgan fingerprint density at radius 3 is 2.25 bits per heavy atom. The van der Waals surface area contributed by atoms with Gasteiger partial charge in [-0.1, -0.05) is 12.1 Å². The summed E-state index contributed by atoms with van der Waals surface area (Å²) in [5.41, 5.74) is 7.48. The van der Waals surface area contributed by atoms with Crippen molar-refractivity contribution in [3.63, 3.8) is 0 Å². The highest BCUT2D eigenvalue weighted by atomic mass is 32.2. The molecule has 1 amide bonds. The largest absolute Gasteiger partial charge is 0.497 e. The number of primary amides is 1. The van der Waals surface area contributed by atoms with Crippen LogP contribution in [0.1, 0.15) is 27.9 Å². The number of carboxylic acids is 1. The van der Waals surface area contributed by atoms with Crippen LogP contribution in [0.15, 0.2) is 77.8 Å². The number of nitrogens with zero attached hydrogens (tertiary/aromatic N) is 1. The van der Waals surface area contributed by atoms with Crippen LogP contribution in [0.25, 0.3) is 10.9 Å². The third-order valence-corrected chi connectivity index (χ3v) is 7.38. The summed E-state index contributed by atoms with van der Waals surface area (Å²) in [5.74, 6) is -0.471. The van der Waals surface area contributed by atoms with Gasteiger partial charge in [-0.05, 0) is 72.1 Å². The van der Waals surface area contributed by atoms with E-state index in [1.807, 2.05) is 0 Å². The van der Waals surface area contributed by atoms with Crippen molar-refractivity contribution >= 4 is 32.8 Å². The minimum atomic E-state index is -3.97. The molecule has 0 aliphatic rings.